The van der Waals surface area contributed by atoms with E-state index in [-0.39, 0.29) is 35.1 Å². The molecule has 3 rings (SSSR count). The highest BCUT2D eigenvalue weighted by Crippen LogP contribution is 2.40. The summed E-state index contributed by atoms with van der Waals surface area (Å²) < 4.78 is 4.85. The lowest BCUT2D eigenvalue weighted by molar-refractivity contribution is -0.150. The molecule has 2 aliphatic heterocycles. The number of rotatable bonds is 6. The van der Waals surface area contributed by atoms with Crippen molar-refractivity contribution >= 4 is 47.0 Å². The van der Waals surface area contributed by atoms with Gasteiger partial charge in [0.15, 0.2) is 5.71 Å². The van der Waals surface area contributed by atoms with E-state index in [1.54, 1.807) is 0 Å². The van der Waals surface area contributed by atoms with E-state index in [1.165, 1.54) is 24.8 Å². The van der Waals surface area contributed by atoms with Crippen molar-refractivity contribution in [1.82, 2.24) is 20.4 Å². The number of oxime groups is 1. The summed E-state index contributed by atoms with van der Waals surface area (Å²) in [7, 11) is 0. The number of nitrogens with zero attached hydrogens (tertiary/aromatic N) is 3. The van der Waals surface area contributed by atoms with Gasteiger partial charge in [0.25, 0.3) is 11.8 Å². The normalized spacial score (nSPS) is 21.3. The second-order valence-corrected chi connectivity index (χ2v) is 7.16. The summed E-state index contributed by atoms with van der Waals surface area (Å²) in [5, 5.41) is 29.3. The third kappa shape index (κ3) is 3.73. The van der Waals surface area contributed by atoms with Gasteiger partial charge in [-0.25, -0.2) is 4.79 Å². The number of carboxylic acids is 1. The number of hydrogen-bond acceptors (Lipinski definition) is 10. The van der Waals surface area contributed by atoms with Crippen molar-refractivity contribution < 1.29 is 34.2 Å². The van der Waals surface area contributed by atoms with Crippen LogP contribution >= 0.6 is 11.8 Å². The zero-order valence-electron chi connectivity index (χ0n) is 14.9. The molecule has 3 heterocycles. The summed E-state index contributed by atoms with van der Waals surface area (Å²) in [6.07, 6.45) is 0. The third-order valence-corrected chi connectivity index (χ3v) is 5.49. The number of aromatic nitrogens is 2. The first-order valence-electron chi connectivity index (χ1n) is 8.12. The summed E-state index contributed by atoms with van der Waals surface area (Å²) in [4.78, 5) is 48.6. The number of nitrogens with two attached hydrogens (primary N) is 1. The topological polar surface area (TPSA) is 200 Å². The highest BCUT2D eigenvalue weighted by Gasteiger charge is 2.54. The zero-order chi connectivity index (χ0) is 21.3. The number of carboxylic acid groups (broad SMARTS) is 1. The monoisotopic (exact) mass is 424 g/mol. The van der Waals surface area contributed by atoms with Crippen LogP contribution in [0.15, 0.2) is 22.5 Å². The number of nitrogen functional groups attached to an aromatic ring is 1. The van der Waals surface area contributed by atoms with Crippen molar-refractivity contribution in [3.63, 3.8) is 0 Å². The molecule has 14 heteroatoms. The fourth-order valence-corrected chi connectivity index (χ4v) is 4.20. The number of hydrogen-bond donors (Lipinski definition) is 5. The quantitative estimate of drug-likeness (QED) is 0.117. The first kappa shape index (κ1) is 20.2. The van der Waals surface area contributed by atoms with Gasteiger partial charge in [0, 0.05) is 24.3 Å². The fraction of sp³-hybridized carbons (Fsp3) is 0.333. The maximum atomic E-state index is 12.5. The number of carbonyl (C=O) groups excluding carboxylic acids is 3. The van der Waals surface area contributed by atoms with Crippen molar-refractivity contribution in [3.05, 3.63) is 23.0 Å². The minimum atomic E-state index is -1.35. The van der Waals surface area contributed by atoms with Gasteiger partial charge in [-0.3, -0.25) is 24.4 Å². The van der Waals surface area contributed by atoms with E-state index < -0.39 is 40.9 Å². The van der Waals surface area contributed by atoms with E-state index in [4.69, 9.17) is 15.7 Å². The predicted octanol–water partition coefficient (Wildman–Crippen LogP) is -1.53. The number of thioether (sulfide) groups is 1. The molecular weight excluding hydrogens is 408 g/mol. The molecule has 0 spiro atoms. The molecular formula is C15H16N6O7S. The Bertz CT molecular complexity index is 955. The van der Waals surface area contributed by atoms with Gasteiger partial charge in [-0.05, 0) is 0 Å². The van der Waals surface area contributed by atoms with E-state index in [9.17, 15) is 24.3 Å². The second-order valence-electron chi connectivity index (χ2n) is 6.05. The van der Waals surface area contributed by atoms with E-state index in [2.05, 4.69) is 20.7 Å². The van der Waals surface area contributed by atoms with Crippen molar-refractivity contribution in [2.75, 3.05) is 18.1 Å². The van der Waals surface area contributed by atoms with E-state index in [1.807, 2.05) is 0 Å². The molecule has 1 fully saturated rings. The Labute approximate surface area is 166 Å². The zero-order valence-corrected chi connectivity index (χ0v) is 15.7. The third-order valence-electron chi connectivity index (χ3n) is 4.15. The van der Waals surface area contributed by atoms with Gasteiger partial charge in [-0.1, -0.05) is 5.16 Å². The molecule has 6 N–H and O–H groups in total. The van der Waals surface area contributed by atoms with E-state index >= 15 is 0 Å². The first-order chi connectivity index (χ1) is 13.7. The molecule has 1 saturated heterocycles. The molecule has 0 aromatic carbocycles. The van der Waals surface area contributed by atoms with E-state index in [0.29, 0.717) is 0 Å². The number of H-pyrrole nitrogens is 1. The number of ether oxygens (including phenoxy) is 1. The largest absolute Gasteiger partial charge is 0.477 e. The highest BCUT2D eigenvalue weighted by atomic mass is 32.2. The Morgan fingerprint density at radius 3 is 2.79 bits per heavy atom. The SMILES string of the molecule is CC(=O)OCC1=C(C(=O)O)N2C(=O)C(NC(=O)C(=NO)c3cc(N)n[nH]3)[C@@H]2SC1. The Balaban J connectivity index is 1.76. The molecule has 0 saturated carbocycles. The molecule has 1 aromatic heterocycles. The second kappa shape index (κ2) is 7.83. The van der Waals surface area contributed by atoms with Gasteiger partial charge in [0.05, 0.1) is 5.69 Å². The smallest absolute Gasteiger partial charge is 0.352 e. The van der Waals surface area contributed by atoms with Gasteiger partial charge in [-0.2, -0.15) is 5.10 Å². The average molecular weight is 424 g/mol. The van der Waals surface area contributed by atoms with Gasteiger partial charge >= 0.3 is 11.9 Å². The molecule has 2 atom stereocenters. The molecule has 0 aliphatic carbocycles. The van der Waals surface area contributed by atoms with Crippen LogP contribution in [-0.4, -0.2) is 78.7 Å². The standard InChI is InChI=1S/C15H16N6O7S/c1-5(22)28-3-6-4-29-14-10(13(24)21(14)11(6)15(25)26)17-12(23)9(20-27)7-2-8(16)19-18-7/h2,10,14,27H,3-4H2,1H3,(H,17,23)(H,25,26)(H3,16,18,19)/t10?,14-/m0/s1. The molecule has 2 amide bonds. The van der Waals surface area contributed by atoms with Crippen LogP contribution in [0.5, 0.6) is 0 Å². The molecule has 154 valence electrons. The van der Waals surface area contributed by atoms with E-state index in [0.717, 1.165) is 4.90 Å². The van der Waals surface area contributed by atoms with Crippen LogP contribution in [0.25, 0.3) is 0 Å². The van der Waals surface area contributed by atoms with Crippen molar-refractivity contribution in [1.29, 1.82) is 0 Å². The minimum Gasteiger partial charge on any atom is -0.477 e. The van der Waals surface area contributed by atoms with Crippen LogP contribution in [0.2, 0.25) is 0 Å². The Kier molecular flexibility index (Phi) is 5.45. The molecule has 1 unspecified atom stereocenters. The molecule has 13 nitrogen and oxygen atoms in total. The highest BCUT2D eigenvalue weighted by molar-refractivity contribution is 8.00. The maximum Gasteiger partial charge on any atom is 0.352 e. The van der Waals surface area contributed by atoms with Gasteiger partial charge in [0.2, 0.25) is 0 Å². The number of fused-ring (bicyclic) bond motifs is 1. The van der Waals surface area contributed by atoms with Gasteiger partial charge < -0.3 is 26.1 Å². The van der Waals surface area contributed by atoms with Gasteiger partial charge in [-0.15, -0.1) is 11.8 Å². The van der Waals surface area contributed by atoms with Crippen LogP contribution in [0.1, 0.15) is 12.6 Å². The number of aliphatic carboxylic acids is 1. The number of esters is 1. The fourth-order valence-electron chi connectivity index (χ4n) is 2.87. The van der Waals surface area contributed by atoms with Crippen LogP contribution in [-0.2, 0) is 23.9 Å². The summed E-state index contributed by atoms with van der Waals surface area (Å²) in [6, 6.07) is 0.236. The summed E-state index contributed by atoms with van der Waals surface area (Å²) in [5.74, 6) is -3.20. The number of β-lactam (4-membered cyclic amide) rings is 1. The van der Waals surface area contributed by atoms with Crippen molar-refractivity contribution in [2.45, 2.75) is 18.3 Å². The minimum absolute atomic E-state index is 0.0391. The average Bonchev–Trinajstić information content (AvgIpc) is 3.09. The summed E-state index contributed by atoms with van der Waals surface area (Å²) in [6.45, 7) is 0.938. The summed E-state index contributed by atoms with van der Waals surface area (Å²) in [5.41, 5.74) is 5.05. The Morgan fingerprint density at radius 2 is 2.24 bits per heavy atom. The molecule has 1 aromatic rings. The lowest BCUT2D eigenvalue weighted by Crippen LogP contribution is -2.71. The Hall–Kier alpha value is -3.55. The van der Waals surface area contributed by atoms with Gasteiger partial charge in [0.1, 0.15) is 29.5 Å². The molecule has 0 bridgehead atoms. The first-order valence-corrected chi connectivity index (χ1v) is 9.17. The van der Waals surface area contributed by atoms with Crippen LogP contribution in [0.4, 0.5) is 5.82 Å². The molecule has 0 radical (unpaired) electrons. The van der Waals surface area contributed by atoms with Crippen molar-refractivity contribution in [3.8, 4) is 0 Å². The molecule has 29 heavy (non-hydrogen) atoms. The Morgan fingerprint density at radius 1 is 1.52 bits per heavy atom. The number of amides is 2. The maximum absolute atomic E-state index is 12.5. The number of aromatic amines is 1. The van der Waals surface area contributed by atoms with Crippen LogP contribution in [0.3, 0.4) is 0 Å². The van der Waals surface area contributed by atoms with Crippen LogP contribution < -0.4 is 11.1 Å². The number of nitrogens with one attached hydrogen (secondary N) is 2. The van der Waals surface area contributed by atoms with Crippen LogP contribution in [0, 0.1) is 0 Å². The number of anilines is 1. The van der Waals surface area contributed by atoms with Crippen molar-refractivity contribution in [2.24, 2.45) is 5.16 Å². The lowest BCUT2D eigenvalue weighted by Gasteiger charge is -2.49. The number of carbonyl (C=O) groups is 4. The summed E-state index contributed by atoms with van der Waals surface area (Å²) >= 11 is 1.20. The predicted molar refractivity (Wildman–Crippen MR) is 97.6 cm³/mol. The molecule has 2 aliphatic rings. The lowest BCUT2D eigenvalue weighted by atomic mass is 10.0.